The van der Waals surface area contributed by atoms with E-state index in [4.69, 9.17) is 8.92 Å². The van der Waals surface area contributed by atoms with Crippen molar-refractivity contribution in [3.63, 3.8) is 0 Å². The number of methoxy groups -OCH3 is 1. The van der Waals surface area contributed by atoms with Gasteiger partial charge in [0.25, 0.3) is 10.1 Å². The number of aryl methyl sites for hydroxylation is 1. The molecule has 5 nitrogen and oxygen atoms in total. The fourth-order valence-electron chi connectivity index (χ4n) is 12.8. The third-order valence-electron chi connectivity index (χ3n) is 15.2. The van der Waals surface area contributed by atoms with Crippen LogP contribution < -0.4 is 0 Å². The van der Waals surface area contributed by atoms with Crippen molar-refractivity contribution in [3.05, 3.63) is 42.0 Å². The van der Waals surface area contributed by atoms with Gasteiger partial charge in [0.05, 0.1) is 23.5 Å². The summed E-state index contributed by atoms with van der Waals surface area (Å²) in [5.74, 6) is 2.12. The second-order valence-electron chi connectivity index (χ2n) is 17.0. The molecular formula is C38H56O5S. The summed E-state index contributed by atoms with van der Waals surface area (Å²) in [4.78, 5) is 13.8. The van der Waals surface area contributed by atoms with E-state index in [1.54, 1.807) is 19.2 Å². The van der Waals surface area contributed by atoms with E-state index in [1.807, 2.05) is 19.1 Å². The molecule has 0 radical (unpaired) electrons. The number of rotatable bonds is 5. The van der Waals surface area contributed by atoms with Gasteiger partial charge in [-0.3, -0.25) is 8.98 Å². The van der Waals surface area contributed by atoms with Crippen LogP contribution in [0.2, 0.25) is 0 Å². The average molecular weight is 625 g/mol. The number of allylic oxidation sites excluding steroid dienone is 1. The fourth-order valence-corrected chi connectivity index (χ4v) is 14.0. The zero-order valence-corrected chi connectivity index (χ0v) is 29.3. The predicted octanol–water partition coefficient (Wildman–Crippen LogP) is 8.90. The molecule has 44 heavy (non-hydrogen) atoms. The summed E-state index contributed by atoms with van der Waals surface area (Å²) in [6.07, 6.45) is 9.90. The maximum Gasteiger partial charge on any atom is 0.312 e. The Labute approximate surface area is 267 Å². The Hall–Kier alpha value is -1.66. The fraction of sp³-hybridized carbons (Fsp3) is 0.763. The standard InChI is InChI=1S/C38H56O5S/c1-24(2)27-16-21-38(33(39)42-9)23-22-36(7)28(32(27)38)14-15-30-35(6)19-18-31(34(4,5)29(35)17-20-37(30,36)8)43-44(40,41)26-12-10-25(3)11-13-26/h10-13,27-32H,1,14-23H2,2-9H3/t27-,28+,29+,30-,31-,32-,35-,36-,37+,38-/m0/s1. The van der Waals surface area contributed by atoms with Gasteiger partial charge in [-0.25, -0.2) is 0 Å². The molecule has 0 spiro atoms. The molecule has 0 amide bonds. The second kappa shape index (κ2) is 10.4. The molecule has 1 aromatic rings. The molecule has 5 fully saturated rings. The summed E-state index contributed by atoms with van der Waals surface area (Å²) >= 11 is 0. The summed E-state index contributed by atoms with van der Waals surface area (Å²) in [6.45, 7) is 20.8. The molecule has 0 N–H and O–H groups in total. The number of hydrogen-bond donors (Lipinski definition) is 0. The van der Waals surface area contributed by atoms with Crippen LogP contribution in [-0.2, 0) is 23.8 Å². The van der Waals surface area contributed by atoms with Gasteiger partial charge in [-0.1, -0.05) is 64.5 Å². The molecular weight excluding hydrogens is 568 g/mol. The van der Waals surface area contributed by atoms with Gasteiger partial charge in [0.1, 0.15) is 0 Å². The van der Waals surface area contributed by atoms with Crippen molar-refractivity contribution < 1.29 is 22.1 Å². The van der Waals surface area contributed by atoms with E-state index in [9.17, 15) is 13.2 Å². The molecule has 0 aliphatic heterocycles. The van der Waals surface area contributed by atoms with Crippen LogP contribution >= 0.6 is 0 Å². The van der Waals surface area contributed by atoms with Gasteiger partial charge >= 0.3 is 5.97 Å². The Balaban J connectivity index is 1.30. The Morgan fingerprint density at radius 3 is 2.16 bits per heavy atom. The van der Waals surface area contributed by atoms with Gasteiger partial charge in [-0.2, -0.15) is 8.42 Å². The number of hydrogen-bond acceptors (Lipinski definition) is 5. The lowest BCUT2D eigenvalue weighted by Gasteiger charge is -2.72. The lowest BCUT2D eigenvalue weighted by Crippen LogP contribution is -2.67. The highest BCUT2D eigenvalue weighted by atomic mass is 32.2. The minimum atomic E-state index is -3.85. The van der Waals surface area contributed by atoms with Crippen LogP contribution in [0.25, 0.3) is 0 Å². The predicted molar refractivity (Wildman–Crippen MR) is 174 cm³/mol. The summed E-state index contributed by atoms with van der Waals surface area (Å²) in [5, 5.41) is 0. The van der Waals surface area contributed by atoms with Gasteiger partial charge in [0.2, 0.25) is 0 Å². The van der Waals surface area contributed by atoms with E-state index in [0.717, 1.165) is 63.4 Å². The molecule has 5 saturated carbocycles. The Morgan fingerprint density at radius 1 is 0.841 bits per heavy atom. The number of carbonyl (C=O) groups excluding carboxylic acids is 1. The van der Waals surface area contributed by atoms with Crippen LogP contribution in [0.5, 0.6) is 0 Å². The van der Waals surface area contributed by atoms with E-state index in [-0.39, 0.29) is 44.0 Å². The van der Waals surface area contributed by atoms with E-state index in [2.05, 4.69) is 48.1 Å². The van der Waals surface area contributed by atoms with Crippen molar-refractivity contribution in [1.82, 2.24) is 0 Å². The first-order valence-corrected chi connectivity index (χ1v) is 18.6. The van der Waals surface area contributed by atoms with Crippen molar-refractivity contribution in [3.8, 4) is 0 Å². The van der Waals surface area contributed by atoms with Gasteiger partial charge < -0.3 is 4.74 Å². The molecule has 5 aliphatic carbocycles. The van der Waals surface area contributed by atoms with E-state index < -0.39 is 10.1 Å². The average Bonchev–Trinajstić information content (AvgIpc) is 3.36. The van der Waals surface area contributed by atoms with Crippen molar-refractivity contribution in [2.45, 2.75) is 124 Å². The Kier molecular flexibility index (Phi) is 7.65. The highest BCUT2D eigenvalue weighted by Crippen LogP contribution is 2.77. The number of benzene rings is 1. The maximum absolute atomic E-state index is 13.5. The lowest BCUT2D eigenvalue weighted by atomic mass is 9.32. The van der Waals surface area contributed by atoms with Gasteiger partial charge in [-0.05, 0) is 141 Å². The zero-order valence-electron chi connectivity index (χ0n) is 28.5. The molecule has 6 heteroatoms. The summed E-state index contributed by atoms with van der Waals surface area (Å²) in [6, 6.07) is 7.00. The zero-order chi connectivity index (χ0) is 32.1. The van der Waals surface area contributed by atoms with Crippen molar-refractivity contribution in [2.24, 2.45) is 56.7 Å². The quantitative estimate of drug-likeness (QED) is 0.186. The number of ether oxygens (including phenoxy) is 1. The van der Waals surface area contributed by atoms with Gasteiger partial charge in [-0.15, -0.1) is 0 Å². The molecule has 5 aliphatic rings. The molecule has 1 aromatic carbocycles. The van der Waals surface area contributed by atoms with Crippen molar-refractivity contribution in [1.29, 1.82) is 0 Å². The normalized spacial score (nSPS) is 44.5. The summed E-state index contributed by atoms with van der Waals surface area (Å²) in [7, 11) is -2.27. The lowest BCUT2D eigenvalue weighted by molar-refractivity contribution is -0.246. The van der Waals surface area contributed by atoms with Gasteiger partial charge in [0.15, 0.2) is 0 Å². The van der Waals surface area contributed by atoms with Crippen LogP contribution in [-0.4, -0.2) is 27.6 Å². The van der Waals surface area contributed by atoms with E-state index in [1.165, 1.54) is 12.0 Å². The molecule has 244 valence electrons. The smallest absolute Gasteiger partial charge is 0.312 e. The molecule has 10 atom stereocenters. The minimum Gasteiger partial charge on any atom is -0.469 e. The van der Waals surface area contributed by atoms with Crippen LogP contribution in [0.3, 0.4) is 0 Å². The van der Waals surface area contributed by atoms with Crippen LogP contribution in [0.4, 0.5) is 0 Å². The maximum atomic E-state index is 13.5. The largest absolute Gasteiger partial charge is 0.469 e. The first-order chi connectivity index (χ1) is 20.5. The molecule has 0 unspecified atom stereocenters. The summed E-state index contributed by atoms with van der Waals surface area (Å²) < 4.78 is 38.5. The van der Waals surface area contributed by atoms with Crippen molar-refractivity contribution in [2.75, 3.05) is 7.11 Å². The molecule has 0 heterocycles. The third kappa shape index (κ3) is 4.31. The topological polar surface area (TPSA) is 69.7 Å². The Morgan fingerprint density at radius 2 is 1.52 bits per heavy atom. The summed E-state index contributed by atoms with van der Waals surface area (Å²) in [5.41, 5.74) is 2.02. The van der Waals surface area contributed by atoms with Gasteiger partial charge in [0, 0.05) is 0 Å². The molecule has 0 saturated heterocycles. The highest BCUT2D eigenvalue weighted by molar-refractivity contribution is 7.86. The van der Waals surface area contributed by atoms with Crippen LogP contribution in [0.15, 0.2) is 41.3 Å². The monoisotopic (exact) mass is 624 g/mol. The van der Waals surface area contributed by atoms with Crippen LogP contribution in [0.1, 0.15) is 111 Å². The first kappa shape index (κ1) is 32.3. The molecule has 0 aromatic heterocycles. The number of fused-ring (bicyclic) bond motifs is 7. The highest BCUT2D eigenvalue weighted by Gasteiger charge is 2.72. The SMILES string of the molecule is C=C(C)[C@@H]1CC[C@]2(C(=O)OC)CC[C@@]3(C)[C@H](CC[C@H]4[C@@]5(C)CC[C@H](OS(=O)(=O)c6ccc(C)cc6)C(C)(C)[C@H]5CC[C@]43C)[C@H]12. The molecule has 6 rings (SSSR count). The van der Waals surface area contributed by atoms with E-state index in [0.29, 0.717) is 29.6 Å². The van der Waals surface area contributed by atoms with E-state index >= 15 is 0 Å². The van der Waals surface area contributed by atoms with Crippen molar-refractivity contribution >= 4 is 16.1 Å². The minimum absolute atomic E-state index is 0.0110. The Bertz CT molecular complexity index is 1430. The first-order valence-electron chi connectivity index (χ1n) is 17.2. The molecule has 0 bridgehead atoms. The van der Waals surface area contributed by atoms with Crippen LogP contribution in [0, 0.1) is 63.6 Å². The second-order valence-corrected chi connectivity index (χ2v) is 18.6. The number of carbonyl (C=O) groups is 1. The third-order valence-corrected chi connectivity index (χ3v) is 16.5. The number of esters is 1.